The summed E-state index contributed by atoms with van der Waals surface area (Å²) in [6.07, 6.45) is 6.85. The van der Waals surface area contributed by atoms with Crippen molar-refractivity contribution in [1.82, 2.24) is 20.6 Å². The van der Waals surface area contributed by atoms with Crippen LogP contribution in [0.1, 0.15) is 44.1 Å². The molecule has 8 N–H and O–H groups in total. The predicted molar refractivity (Wildman–Crippen MR) is 220 cm³/mol. The first-order chi connectivity index (χ1) is 27.1. The molecule has 0 saturated carbocycles. The number of anilines is 1. The molecule has 2 heterocycles. The third-order valence-electron chi connectivity index (χ3n) is 7.63. The van der Waals surface area contributed by atoms with E-state index in [9.17, 15) is 18.0 Å². The van der Waals surface area contributed by atoms with Gasteiger partial charge in [-0.1, -0.05) is 72.3 Å². The maximum Gasteiger partial charge on any atom is 0.295 e. The Kier molecular flexibility index (Phi) is 17.3. The molecule has 0 saturated heterocycles. The second-order valence-corrected chi connectivity index (χ2v) is 14.4. The molecule has 0 aliphatic carbocycles. The minimum atomic E-state index is -4.28. The van der Waals surface area contributed by atoms with Gasteiger partial charge in [-0.2, -0.15) is 13.5 Å². The summed E-state index contributed by atoms with van der Waals surface area (Å²) < 4.78 is 36.0. The van der Waals surface area contributed by atoms with Crippen molar-refractivity contribution < 1.29 is 27.3 Å². The van der Waals surface area contributed by atoms with Crippen LogP contribution in [-0.2, 0) is 22.3 Å². The first kappa shape index (κ1) is 43.0. The number of nitrogen functional groups attached to an aromatic ring is 1. The number of nitrogens with two attached hydrogens (primary N) is 2. The fourth-order valence-electron chi connectivity index (χ4n) is 4.80. The van der Waals surface area contributed by atoms with Crippen molar-refractivity contribution in [1.29, 1.82) is 0 Å². The fourth-order valence-corrected chi connectivity index (χ4v) is 6.61. The van der Waals surface area contributed by atoms with Crippen molar-refractivity contribution in [3.63, 3.8) is 0 Å². The van der Waals surface area contributed by atoms with E-state index in [2.05, 4.69) is 38.3 Å². The number of aldehydes is 1. The number of amidine groups is 1. The maximum absolute atomic E-state index is 12.3. The van der Waals surface area contributed by atoms with Crippen molar-refractivity contribution in [3.05, 3.63) is 149 Å². The van der Waals surface area contributed by atoms with E-state index < -0.39 is 10.1 Å². The molecule has 56 heavy (non-hydrogen) atoms. The van der Waals surface area contributed by atoms with Crippen LogP contribution < -0.4 is 32.5 Å². The zero-order valence-electron chi connectivity index (χ0n) is 30.0. The normalized spacial score (nSPS) is 11.3. The molecular formula is C39H41ClN8O6S2. The second-order valence-electron chi connectivity index (χ2n) is 11.6. The van der Waals surface area contributed by atoms with E-state index in [0.717, 1.165) is 17.0 Å². The lowest BCUT2D eigenvalue weighted by Crippen LogP contribution is -2.29. The summed E-state index contributed by atoms with van der Waals surface area (Å²) in [6.45, 7) is 1.50. The molecular weight excluding hydrogens is 776 g/mol. The number of pyridine rings is 2. The maximum atomic E-state index is 12.3. The number of carbonyl (C=O) groups is 2. The predicted octanol–water partition coefficient (Wildman–Crippen LogP) is 5.77. The number of hydrazone groups is 1. The molecule has 0 atom stereocenters. The zero-order valence-corrected chi connectivity index (χ0v) is 32.4. The molecule has 0 bridgehead atoms. The van der Waals surface area contributed by atoms with Crippen LogP contribution in [0.15, 0.2) is 130 Å². The van der Waals surface area contributed by atoms with E-state index in [0.29, 0.717) is 71.8 Å². The second kappa shape index (κ2) is 22.6. The Morgan fingerprint density at radius 1 is 0.946 bits per heavy atom. The number of halogens is 1. The number of benzene rings is 3. The van der Waals surface area contributed by atoms with Gasteiger partial charge in [-0.15, -0.1) is 11.8 Å². The van der Waals surface area contributed by atoms with E-state index in [1.165, 1.54) is 36.0 Å². The third-order valence-corrected chi connectivity index (χ3v) is 10.1. The molecule has 0 unspecified atom stereocenters. The quantitative estimate of drug-likeness (QED) is 0.00960. The zero-order chi connectivity index (χ0) is 40.2. The topological polar surface area (TPSA) is 224 Å². The Hall–Kier alpha value is -5.78. The average Bonchev–Trinajstić information content (AvgIpc) is 3.22. The van der Waals surface area contributed by atoms with Crippen LogP contribution in [0.5, 0.6) is 5.75 Å². The average molecular weight is 817 g/mol. The number of ether oxygens (including phenoxy) is 1. The van der Waals surface area contributed by atoms with E-state index in [4.69, 9.17) is 37.6 Å². The van der Waals surface area contributed by atoms with Crippen molar-refractivity contribution in [2.45, 2.75) is 28.4 Å². The monoisotopic (exact) mass is 816 g/mol. The van der Waals surface area contributed by atoms with Crippen LogP contribution in [-0.4, -0.2) is 60.7 Å². The Balaban J connectivity index is 0.000000494. The van der Waals surface area contributed by atoms with Gasteiger partial charge in [-0.25, -0.2) is 15.8 Å². The van der Waals surface area contributed by atoms with Gasteiger partial charge in [0.25, 0.3) is 16.0 Å². The highest BCUT2D eigenvalue weighted by Crippen LogP contribution is 2.30. The number of rotatable bonds is 17. The van der Waals surface area contributed by atoms with E-state index in [1.807, 2.05) is 60.7 Å². The highest BCUT2D eigenvalue weighted by molar-refractivity contribution is 7.98. The lowest BCUT2D eigenvalue weighted by Gasteiger charge is -2.11. The van der Waals surface area contributed by atoms with Crippen molar-refractivity contribution in [2.75, 3.05) is 25.1 Å². The van der Waals surface area contributed by atoms with Gasteiger partial charge in [0.2, 0.25) is 0 Å². The number of amides is 1. The van der Waals surface area contributed by atoms with Gasteiger partial charge < -0.3 is 26.6 Å². The molecule has 1 amide bonds. The van der Waals surface area contributed by atoms with Gasteiger partial charge in [0.15, 0.2) is 6.29 Å². The summed E-state index contributed by atoms with van der Waals surface area (Å²) in [5, 5.41) is 10.6. The van der Waals surface area contributed by atoms with Crippen LogP contribution in [0, 0.1) is 0 Å². The summed E-state index contributed by atoms with van der Waals surface area (Å²) in [5.41, 5.74) is 5.57. The number of hydrogen-bond donors (Lipinski definition) is 6. The lowest BCUT2D eigenvalue weighted by atomic mass is 10.2. The van der Waals surface area contributed by atoms with Gasteiger partial charge in [0, 0.05) is 41.9 Å². The molecule has 0 spiro atoms. The van der Waals surface area contributed by atoms with Gasteiger partial charge in [-0.05, 0) is 66.6 Å². The Morgan fingerprint density at radius 3 is 2.36 bits per heavy atom. The SMILES string of the molecule is NN=C(/C=C/c1nc(CSc2ccccc2Cl)ccc1OCCc1ccccc1)NCCCNC(=O)c1ccc(NN)nc1.O=Cc1ccccc1S(=O)(=O)O. The van der Waals surface area contributed by atoms with Gasteiger partial charge in [0.05, 0.1) is 22.9 Å². The Labute approximate surface area is 334 Å². The summed E-state index contributed by atoms with van der Waals surface area (Å²) in [5.74, 6) is 13.0. The van der Waals surface area contributed by atoms with Crippen molar-refractivity contribution in [3.8, 4) is 5.75 Å². The first-order valence-electron chi connectivity index (χ1n) is 17.1. The number of hydrogen-bond acceptors (Lipinski definition) is 12. The number of aromatic nitrogens is 2. The van der Waals surface area contributed by atoms with Crippen LogP contribution in [0.3, 0.4) is 0 Å². The molecule has 14 nitrogen and oxygen atoms in total. The highest BCUT2D eigenvalue weighted by Gasteiger charge is 2.13. The minimum Gasteiger partial charge on any atom is -0.491 e. The lowest BCUT2D eigenvalue weighted by molar-refractivity contribution is 0.0952. The Bertz CT molecular complexity index is 2210. The summed E-state index contributed by atoms with van der Waals surface area (Å²) >= 11 is 7.96. The van der Waals surface area contributed by atoms with Crippen LogP contribution in [0.25, 0.3) is 6.08 Å². The molecule has 0 fully saturated rings. The smallest absolute Gasteiger partial charge is 0.295 e. The number of carbonyl (C=O) groups excluding carboxylic acids is 2. The summed E-state index contributed by atoms with van der Waals surface area (Å²) in [6, 6.07) is 30.5. The molecule has 0 radical (unpaired) electrons. The van der Waals surface area contributed by atoms with Crippen molar-refractivity contribution >= 4 is 63.4 Å². The molecule has 292 valence electrons. The van der Waals surface area contributed by atoms with E-state index >= 15 is 0 Å². The molecule has 0 aliphatic heterocycles. The van der Waals surface area contributed by atoms with Crippen LogP contribution in [0.4, 0.5) is 5.82 Å². The fraction of sp³-hybridized carbons (Fsp3) is 0.154. The molecule has 3 aromatic carbocycles. The van der Waals surface area contributed by atoms with E-state index in [1.54, 1.807) is 30.0 Å². The van der Waals surface area contributed by atoms with Gasteiger partial charge in [-0.3, -0.25) is 14.1 Å². The number of thioether (sulfide) groups is 1. The van der Waals surface area contributed by atoms with Gasteiger partial charge >= 0.3 is 0 Å². The highest BCUT2D eigenvalue weighted by atomic mass is 35.5. The Morgan fingerprint density at radius 2 is 1.68 bits per heavy atom. The molecule has 2 aromatic heterocycles. The van der Waals surface area contributed by atoms with E-state index in [-0.39, 0.29) is 16.4 Å². The number of hydrazine groups is 1. The first-order valence-corrected chi connectivity index (χ1v) is 19.9. The molecule has 17 heteroatoms. The molecule has 5 rings (SSSR count). The number of nitrogens with one attached hydrogen (secondary N) is 3. The summed E-state index contributed by atoms with van der Waals surface area (Å²) in [4.78, 5) is 32.1. The van der Waals surface area contributed by atoms with Crippen LogP contribution in [0.2, 0.25) is 5.02 Å². The summed E-state index contributed by atoms with van der Waals surface area (Å²) in [7, 11) is -4.28. The largest absolute Gasteiger partial charge is 0.491 e. The van der Waals surface area contributed by atoms with Crippen molar-refractivity contribution in [2.24, 2.45) is 16.8 Å². The standard InChI is InChI=1S/C32H35ClN8O2S.C7H6O4S/c33-26-9-4-5-10-29(26)44-22-25-12-14-28(43-20-17-23-7-2-1-3-8-23)27(39-25)13-16-30(40-34)36-18-6-19-37-32(42)24-11-15-31(41-35)38-21-24;8-5-6-3-1-2-4-7(6)12(9,10)11/h1-5,7-16,21H,6,17-20,22,34-35H2,(H,36,40)(H,37,42)(H,38,41);1-5H,(H,9,10,11)/b16-13+;. The van der Waals surface area contributed by atoms with Gasteiger partial charge in [0.1, 0.15) is 28.0 Å². The molecule has 0 aliphatic rings. The molecule has 5 aromatic rings. The van der Waals surface area contributed by atoms with Crippen LogP contribution >= 0.6 is 23.4 Å². The minimum absolute atomic E-state index is 0.0417. The third kappa shape index (κ3) is 14.1. The number of nitrogens with zero attached hydrogens (tertiary/aromatic N) is 3.